The number of carbonyl (C=O) groups excluding carboxylic acids is 3. The second-order valence-corrected chi connectivity index (χ2v) is 17.8. The topological polar surface area (TPSA) is 175 Å². The summed E-state index contributed by atoms with van der Waals surface area (Å²) in [5.41, 5.74) is 0. The summed E-state index contributed by atoms with van der Waals surface area (Å²) in [4.78, 5) is 50.6. The first-order valence-corrected chi connectivity index (χ1v) is 25.7. The third-order valence-corrected chi connectivity index (χ3v) is 11.8. The van der Waals surface area contributed by atoms with E-state index in [0.29, 0.717) is 19.3 Å². The lowest BCUT2D eigenvalue weighted by molar-refractivity contribution is -0.301. The summed E-state index contributed by atoms with van der Waals surface area (Å²) < 4.78 is 28.2. The van der Waals surface area contributed by atoms with Crippen molar-refractivity contribution in [2.24, 2.45) is 0 Å². The number of esters is 3. The molecule has 0 bridgehead atoms. The van der Waals surface area contributed by atoms with Gasteiger partial charge in [0.05, 0.1) is 6.61 Å². The van der Waals surface area contributed by atoms with E-state index in [9.17, 15) is 34.5 Å². The molecule has 1 fully saturated rings. The van der Waals surface area contributed by atoms with Gasteiger partial charge in [-0.05, 0) is 44.9 Å². The van der Waals surface area contributed by atoms with E-state index in [1.807, 2.05) is 0 Å². The summed E-state index contributed by atoms with van der Waals surface area (Å²) in [5.74, 6) is -3.11. The number of aliphatic hydroxyl groups is 2. The van der Waals surface area contributed by atoms with Gasteiger partial charge in [-0.2, -0.15) is 0 Å². The maximum Gasteiger partial charge on any atom is 0.335 e. The molecule has 0 radical (unpaired) electrons. The Balaban J connectivity index is 2.74. The van der Waals surface area contributed by atoms with Gasteiger partial charge in [-0.3, -0.25) is 14.4 Å². The molecule has 0 aliphatic carbocycles. The summed E-state index contributed by atoms with van der Waals surface area (Å²) >= 11 is 0. The lowest BCUT2D eigenvalue weighted by Crippen LogP contribution is -2.61. The molecule has 1 heterocycles. The van der Waals surface area contributed by atoms with Gasteiger partial charge in [0.15, 0.2) is 24.6 Å². The molecule has 12 nitrogen and oxygen atoms in total. The lowest BCUT2D eigenvalue weighted by atomic mass is 9.98. The van der Waals surface area contributed by atoms with Gasteiger partial charge >= 0.3 is 23.9 Å². The van der Waals surface area contributed by atoms with Crippen LogP contribution in [0.2, 0.25) is 0 Å². The highest BCUT2D eigenvalue weighted by molar-refractivity contribution is 5.74. The zero-order chi connectivity index (χ0) is 46.2. The molecular weight excluding hydrogens is 805 g/mol. The number of carboxylic acid groups (broad SMARTS) is 1. The molecule has 0 amide bonds. The van der Waals surface area contributed by atoms with Crippen LogP contribution in [-0.4, -0.2) is 89.2 Å². The summed E-state index contributed by atoms with van der Waals surface area (Å²) in [7, 11) is 0. The maximum absolute atomic E-state index is 13.0. The van der Waals surface area contributed by atoms with Gasteiger partial charge in [0, 0.05) is 19.3 Å². The molecule has 368 valence electrons. The number of rotatable bonds is 43. The number of ether oxygens (including phenoxy) is 5. The van der Waals surface area contributed by atoms with E-state index >= 15 is 0 Å². The summed E-state index contributed by atoms with van der Waals surface area (Å²) in [5, 5.41) is 31.2. The number of aliphatic carboxylic acids is 1. The van der Waals surface area contributed by atoms with Crippen molar-refractivity contribution in [1.29, 1.82) is 0 Å². The average molecular weight is 897 g/mol. The Morgan fingerprint density at radius 1 is 0.508 bits per heavy atom. The van der Waals surface area contributed by atoms with Crippen LogP contribution in [-0.2, 0) is 42.9 Å². The van der Waals surface area contributed by atoms with Crippen LogP contribution >= 0.6 is 0 Å². The van der Waals surface area contributed by atoms with Gasteiger partial charge in [0.1, 0.15) is 18.8 Å². The highest BCUT2D eigenvalue weighted by Gasteiger charge is 2.50. The predicted octanol–water partition coefficient (Wildman–Crippen LogP) is 11.8. The minimum atomic E-state index is -1.89. The molecule has 0 spiro atoms. The molecule has 0 saturated carbocycles. The van der Waals surface area contributed by atoms with Gasteiger partial charge < -0.3 is 39.0 Å². The average Bonchev–Trinajstić information content (AvgIpc) is 3.26. The molecule has 12 heteroatoms. The third kappa shape index (κ3) is 31.9. The summed E-state index contributed by atoms with van der Waals surface area (Å²) in [6, 6.07) is 0. The van der Waals surface area contributed by atoms with E-state index in [-0.39, 0.29) is 25.9 Å². The van der Waals surface area contributed by atoms with E-state index in [4.69, 9.17) is 23.7 Å². The van der Waals surface area contributed by atoms with Crippen LogP contribution in [0.15, 0.2) is 12.2 Å². The molecular formula is C51H92O12. The molecule has 1 saturated heterocycles. The normalized spacial score (nSPS) is 19.3. The second kappa shape index (κ2) is 40.9. The molecule has 1 rings (SSSR count). The lowest BCUT2D eigenvalue weighted by Gasteiger charge is -2.40. The summed E-state index contributed by atoms with van der Waals surface area (Å²) in [6.07, 6.45) is 29.3. The minimum Gasteiger partial charge on any atom is -0.479 e. The second-order valence-electron chi connectivity index (χ2n) is 17.8. The number of aliphatic hydroxyl groups excluding tert-OH is 2. The molecule has 6 atom stereocenters. The quantitative estimate of drug-likeness (QED) is 0.0229. The zero-order valence-electron chi connectivity index (χ0n) is 40.1. The summed E-state index contributed by atoms with van der Waals surface area (Å²) in [6.45, 7) is 5.91. The zero-order valence-corrected chi connectivity index (χ0v) is 40.1. The van der Waals surface area contributed by atoms with Crippen molar-refractivity contribution in [1.82, 2.24) is 0 Å². The fourth-order valence-corrected chi connectivity index (χ4v) is 7.83. The number of carbonyl (C=O) groups is 4. The monoisotopic (exact) mass is 897 g/mol. The fraction of sp³-hybridized carbons (Fsp3) is 0.882. The van der Waals surface area contributed by atoms with Gasteiger partial charge in [-0.1, -0.05) is 187 Å². The molecule has 0 aromatic rings. The molecule has 63 heavy (non-hydrogen) atoms. The number of hydrogen-bond acceptors (Lipinski definition) is 11. The van der Waals surface area contributed by atoms with E-state index in [1.54, 1.807) is 0 Å². The standard InChI is InChI=1S/C51H92O12/c1-4-7-10-13-16-19-21-22-24-26-28-31-34-37-43(52)59-40-42(61-44(53)38-35-32-30-27-23-20-17-14-11-8-5-2)41-60-51-49(47(56)46(55)48(63-51)50(57)58)62-45(54)39-36-33-29-25-18-15-12-9-6-3/h19,21,42,46-49,51,55-56H,4-18,20,22-41H2,1-3H3,(H,57,58)/b21-19-. The van der Waals surface area contributed by atoms with E-state index in [2.05, 4.69) is 32.9 Å². The molecule has 1 aliphatic heterocycles. The first-order chi connectivity index (χ1) is 30.6. The minimum absolute atomic E-state index is 0.0655. The highest BCUT2D eigenvalue weighted by atomic mass is 16.7. The van der Waals surface area contributed by atoms with Crippen LogP contribution in [0.25, 0.3) is 0 Å². The highest BCUT2D eigenvalue weighted by Crippen LogP contribution is 2.26. The van der Waals surface area contributed by atoms with E-state index < -0.39 is 67.3 Å². The van der Waals surface area contributed by atoms with Gasteiger partial charge in [-0.25, -0.2) is 4.79 Å². The van der Waals surface area contributed by atoms with Crippen molar-refractivity contribution in [2.45, 2.75) is 276 Å². The van der Waals surface area contributed by atoms with Crippen LogP contribution in [0.3, 0.4) is 0 Å². The Bertz CT molecular complexity index is 1160. The number of carboxylic acids is 1. The van der Waals surface area contributed by atoms with Crippen molar-refractivity contribution >= 4 is 23.9 Å². The van der Waals surface area contributed by atoms with Crippen LogP contribution in [0, 0.1) is 0 Å². The van der Waals surface area contributed by atoms with E-state index in [0.717, 1.165) is 83.5 Å². The molecule has 6 unspecified atom stereocenters. The Morgan fingerprint density at radius 3 is 1.37 bits per heavy atom. The molecule has 3 N–H and O–H groups in total. The van der Waals surface area contributed by atoms with Crippen LogP contribution < -0.4 is 0 Å². The number of unbranched alkanes of at least 4 members (excludes halogenated alkanes) is 27. The van der Waals surface area contributed by atoms with Crippen LogP contribution in [0.1, 0.15) is 239 Å². The van der Waals surface area contributed by atoms with Gasteiger partial charge in [0.25, 0.3) is 0 Å². The first-order valence-electron chi connectivity index (χ1n) is 25.7. The Kier molecular flexibility index (Phi) is 38.0. The Labute approximate surface area is 382 Å². The van der Waals surface area contributed by atoms with Crippen LogP contribution in [0.5, 0.6) is 0 Å². The van der Waals surface area contributed by atoms with Crippen molar-refractivity contribution in [3.8, 4) is 0 Å². The van der Waals surface area contributed by atoms with Gasteiger partial charge in [-0.15, -0.1) is 0 Å². The van der Waals surface area contributed by atoms with Crippen LogP contribution in [0.4, 0.5) is 0 Å². The Hall–Kier alpha value is -2.54. The van der Waals surface area contributed by atoms with Crippen molar-refractivity contribution < 1.29 is 58.2 Å². The van der Waals surface area contributed by atoms with Crippen molar-refractivity contribution in [2.75, 3.05) is 13.2 Å². The first kappa shape index (κ1) is 58.5. The largest absolute Gasteiger partial charge is 0.479 e. The molecule has 0 aromatic heterocycles. The Morgan fingerprint density at radius 2 is 0.905 bits per heavy atom. The molecule has 1 aliphatic rings. The fourth-order valence-electron chi connectivity index (χ4n) is 7.83. The predicted molar refractivity (Wildman–Crippen MR) is 248 cm³/mol. The maximum atomic E-state index is 13.0. The number of hydrogen-bond donors (Lipinski definition) is 3. The SMILES string of the molecule is CCCCCC/C=C\CCCCCCCC(=O)OCC(COC1OC(C(=O)O)C(O)C(O)C1OC(=O)CCCCCCCCCCC)OC(=O)CCCCCCCCCCCCC. The van der Waals surface area contributed by atoms with Crippen molar-refractivity contribution in [3.05, 3.63) is 12.2 Å². The smallest absolute Gasteiger partial charge is 0.335 e. The van der Waals surface area contributed by atoms with Crippen molar-refractivity contribution in [3.63, 3.8) is 0 Å². The third-order valence-electron chi connectivity index (χ3n) is 11.8. The van der Waals surface area contributed by atoms with E-state index in [1.165, 1.54) is 96.3 Å². The number of allylic oxidation sites excluding steroid dienone is 2. The molecule has 0 aromatic carbocycles. The van der Waals surface area contributed by atoms with Gasteiger partial charge in [0.2, 0.25) is 0 Å².